The molecule has 2 rings (SSSR count). The minimum absolute atomic E-state index is 0.0706. The van der Waals surface area contributed by atoms with Crippen LogP contribution in [0.4, 0.5) is 5.69 Å². The number of nitrogens with one attached hydrogen (secondary N) is 1. The molecule has 108 valence electrons. The number of rotatable bonds is 3. The molecule has 1 fully saturated rings. The number of halogens is 1. The fourth-order valence-electron chi connectivity index (χ4n) is 2.08. The van der Waals surface area contributed by atoms with Crippen LogP contribution < -0.4 is 5.32 Å². The third kappa shape index (κ3) is 3.60. The predicted molar refractivity (Wildman–Crippen MR) is 83.2 cm³/mol. The first-order valence-electron chi connectivity index (χ1n) is 6.77. The third-order valence-corrected chi connectivity index (χ3v) is 3.68. The van der Waals surface area contributed by atoms with Gasteiger partial charge in [0.15, 0.2) is 0 Å². The summed E-state index contributed by atoms with van der Waals surface area (Å²) in [7, 11) is 0. The second-order valence-electron chi connectivity index (χ2n) is 5.50. The molecule has 1 N–H and O–H groups in total. The molecule has 4 nitrogen and oxygen atoms in total. The SMILES string of the molecule is CC(C)(Br)C(=O)Nc1ccc(C(=O)N2CCCC2)cc1. The van der Waals surface area contributed by atoms with E-state index in [0.717, 1.165) is 25.9 Å². The number of carbonyl (C=O) groups excluding carboxylic acids is 2. The zero-order valence-electron chi connectivity index (χ0n) is 11.8. The van der Waals surface area contributed by atoms with Gasteiger partial charge < -0.3 is 10.2 Å². The van der Waals surface area contributed by atoms with Crippen molar-refractivity contribution in [2.75, 3.05) is 18.4 Å². The normalized spacial score (nSPS) is 15.2. The minimum atomic E-state index is -0.614. The van der Waals surface area contributed by atoms with Gasteiger partial charge in [-0.3, -0.25) is 9.59 Å². The number of benzene rings is 1. The third-order valence-electron chi connectivity index (χ3n) is 3.32. The van der Waals surface area contributed by atoms with Crippen molar-refractivity contribution in [1.82, 2.24) is 4.90 Å². The van der Waals surface area contributed by atoms with Crippen LogP contribution in [-0.2, 0) is 4.79 Å². The van der Waals surface area contributed by atoms with Crippen molar-refractivity contribution >= 4 is 33.4 Å². The molecule has 1 aliphatic heterocycles. The highest BCUT2D eigenvalue weighted by molar-refractivity contribution is 9.10. The van der Waals surface area contributed by atoms with Crippen LogP contribution in [-0.4, -0.2) is 34.1 Å². The summed E-state index contributed by atoms with van der Waals surface area (Å²) in [5.74, 6) is -0.0442. The van der Waals surface area contributed by atoms with Gasteiger partial charge in [-0.1, -0.05) is 15.9 Å². The number of carbonyl (C=O) groups is 2. The van der Waals surface area contributed by atoms with E-state index >= 15 is 0 Å². The Morgan fingerprint density at radius 3 is 2.20 bits per heavy atom. The molecule has 0 spiro atoms. The van der Waals surface area contributed by atoms with Gasteiger partial charge in [-0.2, -0.15) is 0 Å². The molecule has 1 aromatic carbocycles. The lowest BCUT2D eigenvalue weighted by Crippen LogP contribution is -2.31. The monoisotopic (exact) mass is 338 g/mol. The number of hydrogen-bond donors (Lipinski definition) is 1. The van der Waals surface area contributed by atoms with Crippen LogP contribution in [0.2, 0.25) is 0 Å². The van der Waals surface area contributed by atoms with Crippen molar-refractivity contribution in [3.05, 3.63) is 29.8 Å². The number of nitrogens with zero attached hydrogens (tertiary/aromatic N) is 1. The van der Waals surface area contributed by atoms with Crippen molar-refractivity contribution in [2.45, 2.75) is 31.0 Å². The Balaban J connectivity index is 2.03. The number of hydrogen-bond acceptors (Lipinski definition) is 2. The lowest BCUT2D eigenvalue weighted by Gasteiger charge is -2.17. The van der Waals surface area contributed by atoms with E-state index in [2.05, 4.69) is 21.2 Å². The smallest absolute Gasteiger partial charge is 0.253 e. The molecule has 2 amide bonds. The second-order valence-corrected chi connectivity index (χ2v) is 7.49. The van der Waals surface area contributed by atoms with E-state index in [4.69, 9.17) is 0 Å². The van der Waals surface area contributed by atoms with Crippen LogP contribution in [0.5, 0.6) is 0 Å². The Morgan fingerprint density at radius 1 is 1.15 bits per heavy atom. The standard InChI is InChI=1S/C15H19BrN2O2/c1-15(2,16)14(20)17-12-7-5-11(6-8-12)13(19)18-9-3-4-10-18/h5-8H,3-4,9-10H2,1-2H3,(H,17,20). The van der Waals surface area contributed by atoms with Crippen LogP contribution in [0.1, 0.15) is 37.0 Å². The highest BCUT2D eigenvalue weighted by Gasteiger charge is 2.24. The second kappa shape index (κ2) is 5.95. The summed E-state index contributed by atoms with van der Waals surface area (Å²) >= 11 is 3.31. The van der Waals surface area contributed by atoms with Crippen molar-refractivity contribution in [1.29, 1.82) is 0 Å². The van der Waals surface area contributed by atoms with Gasteiger partial charge >= 0.3 is 0 Å². The summed E-state index contributed by atoms with van der Waals surface area (Å²) in [6.45, 7) is 5.26. The number of likely N-dealkylation sites (tertiary alicyclic amines) is 1. The number of anilines is 1. The lowest BCUT2D eigenvalue weighted by atomic mass is 10.1. The van der Waals surface area contributed by atoms with E-state index in [9.17, 15) is 9.59 Å². The Labute approximate surface area is 127 Å². The van der Waals surface area contributed by atoms with Gasteiger partial charge in [0.1, 0.15) is 0 Å². The highest BCUT2D eigenvalue weighted by atomic mass is 79.9. The highest BCUT2D eigenvalue weighted by Crippen LogP contribution is 2.20. The molecule has 0 unspecified atom stereocenters. The molecule has 20 heavy (non-hydrogen) atoms. The van der Waals surface area contributed by atoms with Gasteiger partial charge in [0.25, 0.3) is 5.91 Å². The van der Waals surface area contributed by atoms with Crippen molar-refractivity contribution in [3.63, 3.8) is 0 Å². The van der Waals surface area contributed by atoms with Gasteiger partial charge in [0.05, 0.1) is 4.32 Å². The molecule has 0 aromatic heterocycles. The largest absolute Gasteiger partial charge is 0.339 e. The maximum atomic E-state index is 12.2. The molecule has 0 aliphatic carbocycles. The summed E-state index contributed by atoms with van der Waals surface area (Å²) in [6, 6.07) is 7.05. The maximum absolute atomic E-state index is 12.2. The lowest BCUT2D eigenvalue weighted by molar-refractivity contribution is -0.117. The van der Waals surface area contributed by atoms with Crippen LogP contribution in [0, 0.1) is 0 Å². The summed E-state index contributed by atoms with van der Waals surface area (Å²) in [6.07, 6.45) is 2.17. The van der Waals surface area contributed by atoms with Crippen LogP contribution in [0.25, 0.3) is 0 Å². The van der Waals surface area contributed by atoms with E-state index in [0.29, 0.717) is 11.3 Å². The molecule has 0 atom stereocenters. The van der Waals surface area contributed by atoms with E-state index in [1.165, 1.54) is 0 Å². The Hall–Kier alpha value is -1.36. The van der Waals surface area contributed by atoms with Crippen LogP contribution in [0.15, 0.2) is 24.3 Å². The van der Waals surface area contributed by atoms with Crippen LogP contribution >= 0.6 is 15.9 Å². The molecule has 1 heterocycles. The van der Waals surface area contributed by atoms with Crippen LogP contribution in [0.3, 0.4) is 0 Å². The van der Waals surface area contributed by atoms with E-state index in [-0.39, 0.29) is 11.8 Å². The van der Waals surface area contributed by atoms with Crippen molar-refractivity contribution in [2.24, 2.45) is 0 Å². The first-order valence-corrected chi connectivity index (χ1v) is 7.57. The number of alkyl halides is 1. The molecular formula is C15H19BrN2O2. The van der Waals surface area contributed by atoms with Gasteiger partial charge in [-0.05, 0) is 51.0 Å². The molecule has 5 heteroatoms. The molecular weight excluding hydrogens is 320 g/mol. The molecule has 0 bridgehead atoms. The average molecular weight is 339 g/mol. The predicted octanol–water partition coefficient (Wildman–Crippen LogP) is 3.03. The average Bonchev–Trinajstić information content (AvgIpc) is 2.91. The fraction of sp³-hybridized carbons (Fsp3) is 0.467. The molecule has 1 aliphatic rings. The summed E-state index contributed by atoms with van der Waals surface area (Å²) < 4.78 is -0.614. The van der Waals surface area contributed by atoms with Gasteiger partial charge in [-0.15, -0.1) is 0 Å². The van der Waals surface area contributed by atoms with Crippen molar-refractivity contribution in [3.8, 4) is 0 Å². The van der Waals surface area contributed by atoms with E-state index in [1.807, 2.05) is 4.90 Å². The minimum Gasteiger partial charge on any atom is -0.339 e. The molecule has 1 saturated heterocycles. The van der Waals surface area contributed by atoms with E-state index in [1.54, 1.807) is 38.1 Å². The molecule has 1 aromatic rings. The summed E-state index contributed by atoms with van der Waals surface area (Å²) in [5.41, 5.74) is 1.36. The molecule has 0 saturated carbocycles. The summed E-state index contributed by atoms with van der Waals surface area (Å²) in [4.78, 5) is 25.9. The molecule has 0 radical (unpaired) electrons. The van der Waals surface area contributed by atoms with Crippen molar-refractivity contribution < 1.29 is 9.59 Å². The Morgan fingerprint density at radius 2 is 1.70 bits per heavy atom. The van der Waals surface area contributed by atoms with Gasteiger partial charge in [0.2, 0.25) is 5.91 Å². The van der Waals surface area contributed by atoms with Gasteiger partial charge in [-0.25, -0.2) is 0 Å². The first-order chi connectivity index (χ1) is 9.38. The quantitative estimate of drug-likeness (QED) is 0.861. The Bertz CT molecular complexity index is 500. The Kier molecular flexibility index (Phi) is 4.48. The zero-order valence-corrected chi connectivity index (χ0v) is 13.4. The number of amides is 2. The van der Waals surface area contributed by atoms with E-state index < -0.39 is 4.32 Å². The topological polar surface area (TPSA) is 49.4 Å². The van der Waals surface area contributed by atoms with Gasteiger partial charge in [0, 0.05) is 24.3 Å². The summed E-state index contributed by atoms with van der Waals surface area (Å²) in [5, 5.41) is 2.81. The zero-order chi connectivity index (χ0) is 14.8. The maximum Gasteiger partial charge on any atom is 0.253 e. The fourth-order valence-corrected chi connectivity index (χ4v) is 2.18. The first kappa shape index (κ1) is 15.0.